The highest BCUT2D eigenvalue weighted by molar-refractivity contribution is 9.10. The number of aromatic nitrogens is 3. The van der Waals surface area contributed by atoms with Crippen LogP contribution in [-0.2, 0) is 19.5 Å². The molecular formula is C22H19BrN4. The molecule has 2 aromatic carbocycles. The number of hydrogen-bond donors (Lipinski definition) is 1. The second kappa shape index (κ2) is 6.91. The Labute approximate surface area is 166 Å². The molecule has 1 aliphatic heterocycles. The van der Waals surface area contributed by atoms with E-state index in [0.29, 0.717) is 0 Å². The van der Waals surface area contributed by atoms with Gasteiger partial charge in [0.25, 0.3) is 0 Å². The molecular weight excluding hydrogens is 400 g/mol. The Morgan fingerprint density at radius 3 is 2.89 bits per heavy atom. The molecule has 0 radical (unpaired) electrons. The van der Waals surface area contributed by atoms with Gasteiger partial charge in [0.15, 0.2) is 5.82 Å². The van der Waals surface area contributed by atoms with Crippen molar-refractivity contribution in [3.8, 4) is 11.4 Å². The molecule has 1 N–H and O–H groups in total. The van der Waals surface area contributed by atoms with Gasteiger partial charge in [-0.15, -0.1) is 0 Å². The fourth-order valence-electron chi connectivity index (χ4n) is 3.76. The summed E-state index contributed by atoms with van der Waals surface area (Å²) in [5, 5.41) is 1.28. The van der Waals surface area contributed by atoms with E-state index >= 15 is 0 Å². The monoisotopic (exact) mass is 418 g/mol. The summed E-state index contributed by atoms with van der Waals surface area (Å²) < 4.78 is 1.11. The van der Waals surface area contributed by atoms with Gasteiger partial charge < -0.3 is 4.98 Å². The molecule has 0 saturated carbocycles. The molecule has 5 heteroatoms. The first-order valence-corrected chi connectivity index (χ1v) is 9.94. The number of H-pyrrole nitrogens is 1. The fraction of sp³-hybridized carbons (Fsp3) is 0.182. The van der Waals surface area contributed by atoms with Crippen molar-refractivity contribution >= 4 is 26.8 Å². The van der Waals surface area contributed by atoms with E-state index in [-0.39, 0.29) is 0 Å². The molecule has 5 rings (SSSR count). The molecule has 1 aliphatic rings. The minimum Gasteiger partial charge on any atom is -0.361 e. The highest BCUT2D eigenvalue weighted by Gasteiger charge is 2.20. The first-order chi connectivity index (χ1) is 13.3. The number of hydrogen-bond acceptors (Lipinski definition) is 3. The van der Waals surface area contributed by atoms with E-state index in [2.05, 4.69) is 67.3 Å². The van der Waals surface area contributed by atoms with Gasteiger partial charge in [-0.2, -0.15) is 0 Å². The van der Waals surface area contributed by atoms with Gasteiger partial charge in [-0.25, -0.2) is 9.97 Å². The molecule has 2 aromatic heterocycles. The fourth-order valence-corrected chi connectivity index (χ4v) is 4.12. The van der Waals surface area contributed by atoms with Crippen LogP contribution in [0.15, 0.2) is 65.4 Å². The molecule has 4 nitrogen and oxygen atoms in total. The first kappa shape index (κ1) is 16.7. The molecule has 0 spiro atoms. The normalized spacial score (nSPS) is 14.4. The minimum atomic E-state index is 0.823. The van der Waals surface area contributed by atoms with Crippen molar-refractivity contribution in [3.05, 3.63) is 82.2 Å². The third-order valence-electron chi connectivity index (χ3n) is 5.17. The number of rotatable bonds is 3. The zero-order valence-corrected chi connectivity index (χ0v) is 16.4. The summed E-state index contributed by atoms with van der Waals surface area (Å²) in [7, 11) is 0. The number of aromatic amines is 1. The molecule has 4 aromatic rings. The molecule has 0 unspecified atom stereocenters. The van der Waals surface area contributed by atoms with Crippen molar-refractivity contribution < 1.29 is 0 Å². The van der Waals surface area contributed by atoms with E-state index in [1.165, 1.54) is 27.7 Å². The Balaban J connectivity index is 1.37. The molecule has 0 aliphatic carbocycles. The van der Waals surface area contributed by atoms with Crippen LogP contribution in [0.25, 0.3) is 22.3 Å². The Morgan fingerprint density at radius 1 is 1.11 bits per heavy atom. The van der Waals surface area contributed by atoms with Crippen molar-refractivity contribution in [2.45, 2.75) is 19.5 Å². The van der Waals surface area contributed by atoms with Crippen molar-refractivity contribution in [1.82, 2.24) is 19.9 Å². The van der Waals surface area contributed by atoms with Crippen molar-refractivity contribution in [2.24, 2.45) is 0 Å². The zero-order valence-electron chi connectivity index (χ0n) is 14.8. The molecule has 0 fully saturated rings. The standard InChI is InChI=1S/C22H19BrN4/c23-18-6-7-21-19(10-18)16(11-24-21)13-27-9-8-20-17(14-27)12-25-22(26-20)15-4-2-1-3-5-15/h1-7,10-12,24H,8-9,13-14H2. The molecule has 0 bridgehead atoms. The predicted octanol–water partition coefficient (Wildman–Crippen LogP) is 4.95. The van der Waals surface area contributed by atoms with Crippen LogP contribution in [0.4, 0.5) is 0 Å². The Bertz CT molecular complexity index is 1100. The molecule has 134 valence electrons. The number of nitrogens with one attached hydrogen (secondary N) is 1. The van der Waals surface area contributed by atoms with E-state index in [1.807, 2.05) is 24.4 Å². The Morgan fingerprint density at radius 2 is 2.00 bits per heavy atom. The average Bonchev–Trinajstić information content (AvgIpc) is 3.10. The van der Waals surface area contributed by atoms with Crippen LogP contribution in [0.5, 0.6) is 0 Å². The summed E-state index contributed by atoms with van der Waals surface area (Å²) in [5.41, 5.74) is 6.01. The van der Waals surface area contributed by atoms with Gasteiger partial charge in [0.1, 0.15) is 0 Å². The zero-order chi connectivity index (χ0) is 18.2. The molecule has 27 heavy (non-hydrogen) atoms. The van der Waals surface area contributed by atoms with Gasteiger partial charge in [0.2, 0.25) is 0 Å². The van der Waals surface area contributed by atoms with Gasteiger partial charge in [-0.3, -0.25) is 4.90 Å². The Kier molecular flexibility index (Phi) is 4.26. The largest absolute Gasteiger partial charge is 0.361 e. The van der Waals surface area contributed by atoms with Crippen molar-refractivity contribution in [2.75, 3.05) is 6.54 Å². The van der Waals surface area contributed by atoms with Crippen molar-refractivity contribution in [1.29, 1.82) is 0 Å². The van der Waals surface area contributed by atoms with Crippen molar-refractivity contribution in [3.63, 3.8) is 0 Å². The summed E-state index contributed by atoms with van der Waals surface area (Å²) in [6, 6.07) is 16.6. The van der Waals surface area contributed by atoms with E-state index < -0.39 is 0 Å². The smallest absolute Gasteiger partial charge is 0.159 e. The summed E-state index contributed by atoms with van der Waals surface area (Å²) in [6.45, 7) is 2.83. The van der Waals surface area contributed by atoms with Crippen LogP contribution in [0, 0.1) is 0 Å². The highest BCUT2D eigenvalue weighted by atomic mass is 79.9. The van der Waals surface area contributed by atoms with Crippen LogP contribution in [0.2, 0.25) is 0 Å². The summed E-state index contributed by atoms with van der Waals surface area (Å²) in [5.74, 6) is 0.823. The van der Waals surface area contributed by atoms with Gasteiger partial charge in [0.05, 0.1) is 5.69 Å². The minimum absolute atomic E-state index is 0.823. The lowest BCUT2D eigenvalue weighted by atomic mass is 10.1. The lowest BCUT2D eigenvalue weighted by molar-refractivity contribution is 0.244. The van der Waals surface area contributed by atoms with Crippen LogP contribution >= 0.6 is 15.9 Å². The number of nitrogens with zero attached hydrogens (tertiary/aromatic N) is 3. The maximum atomic E-state index is 4.83. The third-order valence-corrected chi connectivity index (χ3v) is 5.66. The second-order valence-corrected chi connectivity index (χ2v) is 7.91. The van der Waals surface area contributed by atoms with Gasteiger partial charge >= 0.3 is 0 Å². The maximum absolute atomic E-state index is 4.83. The quantitative estimate of drug-likeness (QED) is 0.511. The van der Waals surface area contributed by atoms with Gasteiger partial charge in [-0.05, 0) is 23.8 Å². The topological polar surface area (TPSA) is 44.8 Å². The SMILES string of the molecule is Brc1ccc2[nH]cc(CN3CCc4nc(-c5ccccc5)ncc4C3)c2c1. The molecule has 0 saturated heterocycles. The molecule has 0 atom stereocenters. The third kappa shape index (κ3) is 3.29. The summed E-state index contributed by atoms with van der Waals surface area (Å²) in [4.78, 5) is 15.3. The van der Waals surface area contributed by atoms with Crippen LogP contribution in [0.3, 0.4) is 0 Å². The Hall–Kier alpha value is -2.50. The summed E-state index contributed by atoms with van der Waals surface area (Å²) in [6.07, 6.45) is 5.09. The molecule has 0 amide bonds. The number of halogens is 1. The first-order valence-electron chi connectivity index (χ1n) is 9.14. The van der Waals surface area contributed by atoms with Gasteiger partial charge in [0, 0.05) is 65.0 Å². The number of fused-ring (bicyclic) bond motifs is 2. The summed E-state index contributed by atoms with van der Waals surface area (Å²) >= 11 is 3.58. The van der Waals surface area contributed by atoms with E-state index in [4.69, 9.17) is 4.98 Å². The van der Waals surface area contributed by atoms with E-state index in [0.717, 1.165) is 41.9 Å². The van der Waals surface area contributed by atoms with E-state index in [1.54, 1.807) is 0 Å². The maximum Gasteiger partial charge on any atom is 0.159 e. The van der Waals surface area contributed by atoms with Crippen LogP contribution < -0.4 is 0 Å². The molecule has 3 heterocycles. The number of benzene rings is 2. The van der Waals surface area contributed by atoms with Gasteiger partial charge in [-0.1, -0.05) is 46.3 Å². The van der Waals surface area contributed by atoms with Crippen LogP contribution in [0.1, 0.15) is 16.8 Å². The highest BCUT2D eigenvalue weighted by Crippen LogP contribution is 2.26. The predicted molar refractivity (Wildman–Crippen MR) is 111 cm³/mol. The lowest BCUT2D eigenvalue weighted by Crippen LogP contribution is -2.30. The van der Waals surface area contributed by atoms with Crippen LogP contribution in [-0.4, -0.2) is 26.4 Å². The lowest BCUT2D eigenvalue weighted by Gasteiger charge is -2.27. The second-order valence-electron chi connectivity index (χ2n) is 7.00. The van der Waals surface area contributed by atoms with E-state index in [9.17, 15) is 0 Å². The average molecular weight is 419 g/mol.